The van der Waals surface area contributed by atoms with Crippen molar-refractivity contribution in [2.75, 3.05) is 30.9 Å². The minimum Gasteiger partial charge on any atom is -0.410 e. The van der Waals surface area contributed by atoms with Crippen LogP contribution in [0.4, 0.5) is 16.3 Å². The van der Waals surface area contributed by atoms with Gasteiger partial charge in [-0.3, -0.25) is 0 Å². The number of hydrogen-bond acceptors (Lipinski definition) is 5. The quantitative estimate of drug-likeness (QED) is 0.586. The lowest BCUT2D eigenvalue weighted by molar-refractivity contribution is 0.196. The monoisotopic (exact) mass is 418 g/mol. The topological polar surface area (TPSA) is 66.5 Å². The van der Waals surface area contributed by atoms with Crippen LogP contribution in [0.15, 0.2) is 60.7 Å². The maximum atomic E-state index is 12.0. The molecule has 0 spiro atoms. The summed E-state index contributed by atoms with van der Waals surface area (Å²) in [7, 11) is 4.12. The third-order valence-electron chi connectivity index (χ3n) is 5.86. The molecule has 2 N–H and O–H groups in total. The summed E-state index contributed by atoms with van der Waals surface area (Å²) in [6.07, 6.45) is 3.87. The number of hydrogen-bond donors (Lipinski definition) is 2. The van der Waals surface area contributed by atoms with Gasteiger partial charge in [-0.25, -0.2) is 9.78 Å². The summed E-state index contributed by atoms with van der Waals surface area (Å²) in [6, 6.07) is 19.9. The zero-order valence-corrected chi connectivity index (χ0v) is 18.2. The molecule has 0 radical (unpaired) electrons. The Balaban J connectivity index is 1.28. The second-order valence-corrected chi connectivity index (χ2v) is 8.38. The Kier molecular flexibility index (Phi) is 6.55. The van der Waals surface area contributed by atoms with Gasteiger partial charge in [-0.05, 0) is 49.8 Å². The van der Waals surface area contributed by atoms with E-state index in [0.29, 0.717) is 24.3 Å². The van der Waals surface area contributed by atoms with Crippen LogP contribution in [0, 0.1) is 5.92 Å². The summed E-state index contributed by atoms with van der Waals surface area (Å²) in [6.45, 7) is 0.650. The van der Waals surface area contributed by atoms with Crippen molar-refractivity contribution in [3.63, 3.8) is 0 Å². The van der Waals surface area contributed by atoms with Crippen molar-refractivity contribution in [1.82, 2.24) is 10.3 Å². The van der Waals surface area contributed by atoms with Gasteiger partial charge in [0.2, 0.25) is 0 Å². The van der Waals surface area contributed by atoms with Gasteiger partial charge in [0.25, 0.3) is 0 Å². The number of rotatable bonds is 6. The zero-order valence-electron chi connectivity index (χ0n) is 18.2. The second kappa shape index (κ2) is 9.69. The number of para-hydroxylation sites is 2. The molecule has 31 heavy (non-hydrogen) atoms. The normalized spacial score (nSPS) is 18.4. The third-order valence-corrected chi connectivity index (χ3v) is 5.86. The van der Waals surface area contributed by atoms with E-state index in [1.54, 1.807) is 12.1 Å². The Hall–Kier alpha value is -3.28. The SMILES string of the molecule is CN(C)c1cc(NC2CCC(CNC(=O)Oc3ccccc3)CC2)nc2ccccc12. The first-order valence-corrected chi connectivity index (χ1v) is 10.9. The minimum absolute atomic E-state index is 0.386. The maximum absolute atomic E-state index is 12.0. The number of carbonyl (C=O) groups excluding carboxylic acids is 1. The van der Waals surface area contributed by atoms with Crippen LogP contribution in [-0.2, 0) is 0 Å². The van der Waals surface area contributed by atoms with E-state index in [4.69, 9.17) is 9.72 Å². The Bertz CT molecular complexity index is 1010. The predicted octanol–water partition coefficient (Wildman–Crippen LogP) is 5.06. The van der Waals surface area contributed by atoms with E-state index >= 15 is 0 Å². The Labute approximate surface area is 183 Å². The highest BCUT2D eigenvalue weighted by Gasteiger charge is 2.22. The van der Waals surface area contributed by atoms with Crippen molar-refractivity contribution in [1.29, 1.82) is 0 Å². The smallest absolute Gasteiger partial charge is 0.410 e. The van der Waals surface area contributed by atoms with E-state index in [1.165, 1.54) is 5.69 Å². The van der Waals surface area contributed by atoms with Crippen LogP contribution in [0.3, 0.4) is 0 Å². The molecule has 0 bridgehead atoms. The van der Waals surface area contributed by atoms with Gasteiger partial charge in [-0.2, -0.15) is 0 Å². The number of carbonyl (C=O) groups is 1. The summed E-state index contributed by atoms with van der Waals surface area (Å²) < 4.78 is 5.30. The van der Waals surface area contributed by atoms with Gasteiger partial charge in [0.1, 0.15) is 11.6 Å². The van der Waals surface area contributed by atoms with Crippen molar-refractivity contribution in [3.05, 3.63) is 60.7 Å². The molecule has 3 aromatic rings. The molecule has 1 heterocycles. The van der Waals surface area contributed by atoms with Gasteiger partial charge in [0.05, 0.1) is 5.52 Å². The highest BCUT2D eigenvalue weighted by Crippen LogP contribution is 2.30. The molecule has 1 aliphatic carbocycles. The van der Waals surface area contributed by atoms with Crippen molar-refractivity contribution in [2.45, 2.75) is 31.7 Å². The second-order valence-electron chi connectivity index (χ2n) is 8.38. The summed E-state index contributed by atoms with van der Waals surface area (Å²) in [5.74, 6) is 1.96. The molecular weight excluding hydrogens is 388 g/mol. The number of nitrogens with zero attached hydrogens (tertiary/aromatic N) is 2. The summed E-state index contributed by atoms with van der Waals surface area (Å²) in [5.41, 5.74) is 2.17. The molecule has 4 rings (SSSR count). The summed E-state index contributed by atoms with van der Waals surface area (Å²) >= 11 is 0. The molecule has 2 aromatic carbocycles. The molecule has 0 saturated heterocycles. The number of amides is 1. The fraction of sp³-hybridized carbons (Fsp3) is 0.360. The van der Waals surface area contributed by atoms with Gasteiger partial charge in [0, 0.05) is 43.8 Å². The molecule has 1 saturated carbocycles. The number of pyridine rings is 1. The summed E-state index contributed by atoms with van der Waals surface area (Å²) in [5, 5.41) is 7.70. The number of ether oxygens (including phenoxy) is 1. The third kappa shape index (κ3) is 5.45. The van der Waals surface area contributed by atoms with Gasteiger partial charge in [0.15, 0.2) is 0 Å². The van der Waals surface area contributed by atoms with Crippen LogP contribution in [0.1, 0.15) is 25.7 Å². The lowest BCUT2D eigenvalue weighted by atomic mass is 9.86. The van der Waals surface area contributed by atoms with Gasteiger partial charge in [-0.15, -0.1) is 0 Å². The largest absolute Gasteiger partial charge is 0.412 e. The highest BCUT2D eigenvalue weighted by molar-refractivity contribution is 5.93. The summed E-state index contributed by atoms with van der Waals surface area (Å²) in [4.78, 5) is 18.9. The van der Waals surface area contributed by atoms with Gasteiger partial charge >= 0.3 is 6.09 Å². The Morgan fingerprint density at radius 2 is 1.74 bits per heavy atom. The molecule has 1 fully saturated rings. The number of benzene rings is 2. The molecule has 0 unspecified atom stereocenters. The molecule has 6 heteroatoms. The standard InChI is InChI=1S/C25H30N4O2/c1-29(2)23-16-24(28-22-11-7-6-10-21(22)23)27-19-14-12-18(13-15-19)17-26-25(30)31-20-8-4-3-5-9-20/h3-11,16,18-19H,12-15,17H2,1-2H3,(H,26,30)(H,27,28). The fourth-order valence-electron chi connectivity index (χ4n) is 4.18. The first-order chi connectivity index (χ1) is 15.1. The molecule has 0 atom stereocenters. The molecule has 0 aliphatic heterocycles. The van der Waals surface area contributed by atoms with E-state index in [0.717, 1.165) is 42.4 Å². The molecule has 162 valence electrons. The molecule has 1 aliphatic rings. The van der Waals surface area contributed by atoms with E-state index in [2.05, 4.69) is 53.9 Å². The lowest BCUT2D eigenvalue weighted by Crippen LogP contribution is -2.35. The van der Waals surface area contributed by atoms with Gasteiger partial charge < -0.3 is 20.3 Å². The van der Waals surface area contributed by atoms with Crippen LogP contribution < -0.4 is 20.3 Å². The van der Waals surface area contributed by atoms with Crippen LogP contribution in [0.25, 0.3) is 10.9 Å². The van der Waals surface area contributed by atoms with Crippen LogP contribution >= 0.6 is 0 Å². The predicted molar refractivity (Wildman–Crippen MR) is 126 cm³/mol. The van der Waals surface area contributed by atoms with E-state index in [-0.39, 0.29) is 6.09 Å². The van der Waals surface area contributed by atoms with E-state index in [1.807, 2.05) is 24.3 Å². The molecule has 6 nitrogen and oxygen atoms in total. The molecule has 1 aromatic heterocycles. The average molecular weight is 419 g/mol. The van der Waals surface area contributed by atoms with Crippen molar-refractivity contribution in [3.8, 4) is 5.75 Å². The van der Waals surface area contributed by atoms with Crippen LogP contribution in [0.2, 0.25) is 0 Å². The number of aromatic nitrogens is 1. The molecule has 1 amide bonds. The lowest BCUT2D eigenvalue weighted by Gasteiger charge is -2.30. The van der Waals surface area contributed by atoms with Crippen molar-refractivity contribution < 1.29 is 9.53 Å². The minimum atomic E-state index is -0.386. The van der Waals surface area contributed by atoms with E-state index in [9.17, 15) is 4.79 Å². The van der Waals surface area contributed by atoms with Crippen LogP contribution in [0.5, 0.6) is 5.75 Å². The zero-order chi connectivity index (χ0) is 21.6. The Morgan fingerprint density at radius 1 is 1.03 bits per heavy atom. The van der Waals surface area contributed by atoms with Crippen molar-refractivity contribution >= 4 is 28.5 Å². The maximum Gasteiger partial charge on any atom is 0.412 e. The fourth-order valence-corrected chi connectivity index (χ4v) is 4.18. The number of anilines is 2. The first-order valence-electron chi connectivity index (χ1n) is 10.9. The Morgan fingerprint density at radius 3 is 2.48 bits per heavy atom. The first kappa shape index (κ1) is 21.0. The number of fused-ring (bicyclic) bond motifs is 1. The average Bonchev–Trinajstić information content (AvgIpc) is 2.78. The van der Waals surface area contributed by atoms with E-state index < -0.39 is 0 Å². The van der Waals surface area contributed by atoms with Crippen LogP contribution in [-0.4, -0.2) is 37.8 Å². The molecular formula is C25H30N4O2. The van der Waals surface area contributed by atoms with Crippen molar-refractivity contribution in [2.24, 2.45) is 5.92 Å². The number of nitrogens with one attached hydrogen (secondary N) is 2. The van der Waals surface area contributed by atoms with Gasteiger partial charge in [-0.1, -0.05) is 36.4 Å². The highest BCUT2D eigenvalue weighted by atomic mass is 16.6.